The monoisotopic (exact) mass is 274 g/mol. The van der Waals surface area contributed by atoms with Crippen molar-refractivity contribution < 1.29 is 4.74 Å². The SMILES string of the molecule is COc1ccc(CC(C)N2CCCC3CNCC32)cc1. The number of hydrogen-bond donors (Lipinski definition) is 1. The van der Waals surface area contributed by atoms with E-state index in [2.05, 4.69) is 41.4 Å². The van der Waals surface area contributed by atoms with Crippen molar-refractivity contribution in [3.05, 3.63) is 29.8 Å². The molecule has 1 aromatic carbocycles. The third-order valence-corrected chi connectivity index (χ3v) is 4.98. The smallest absolute Gasteiger partial charge is 0.118 e. The maximum atomic E-state index is 5.23. The van der Waals surface area contributed by atoms with Crippen molar-refractivity contribution in [1.29, 1.82) is 0 Å². The summed E-state index contributed by atoms with van der Waals surface area (Å²) in [6.45, 7) is 6.04. The molecular formula is C17H26N2O. The van der Waals surface area contributed by atoms with E-state index in [1.165, 1.54) is 38.0 Å². The van der Waals surface area contributed by atoms with E-state index >= 15 is 0 Å². The fourth-order valence-electron chi connectivity index (χ4n) is 3.87. The quantitative estimate of drug-likeness (QED) is 0.912. The molecule has 110 valence electrons. The summed E-state index contributed by atoms with van der Waals surface area (Å²) in [4.78, 5) is 2.73. The molecule has 3 heteroatoms. The van der Waals surface area contributed by atoms with Crippen LogP contribution >= 0.6 is 0 Å². The van der Waals surface area contributed by atoms with Crippen molar-refractivity contribution in [3.63, 3.8) is 0 Å². The fraction of sp³-hybridized carbons (Fsp3) is 0.647. The van der Waals surface area contributed by atoms with E-state index in [4.69, 9.17) is 4.74 Å². The molecule has 0 saturated carbocycles. The van der Waals surface area contributed by atoms with Crippen molar-refractivity contribution in [2.24, 2.45) is 5.92 Å². The Morgan fingerprint density at radius 2 is 2.10 bits per heavy atom. The van der Waals surface area contributed by atoms with Crippen molar-refractivity contribution in [1.82, 2.24) is 10.2 Å². The minimum atomic E-state index is 0.621. The van der Waals surface area contributed by atoms with Crippen molar-refractivity contribution >= 4 is 0 Å². The minimum absolute atomic E-state index is 0.621. The molecule has 3 atom stereocenters. The lowest BCUT2D eigenvalue weighted by Crippen LogP contribution is -2.50. The van der Waals surface area contributed by atoms with Gasteiger partial charge in [0.25, 0.3) is 0 Å². The highest BCUT2D eigenvalue weighted by molar-refractivity contribution is 5.27. The van der Waals surface area contributed by atoms with Crippen molar-refractivity contribution in [2.75, 3.05) is 26.7 Å². The van der Waals surface area contributed by atoms with Crippen LogP contribution in [0.5, 0.6) is 5.75 Å². The van der Waals surface area contributed by atoms with E-state index in [1.54, 1.807) is 7.11 Å². The second-order valence-corrected chi connectivity index (χ2v) is 6.27. The van der Waals surface area contributed by atoms with E-state index in [0.717, 1.165) is 24.1 Å². The van der Waals surface area contributed by atoms with E-state index in [9.17, 15) is 0 Å². The van der Waals surface area contributed by atoms with Gasteiger partial charge in [-0.3, -0.25) is 4.90 Å². The maximum absolute atomic E-state index is 5.23. The van der Waals surface area contributed by atoms with E-state index < -0.39 is 0 Å². The molecule has 0 bridgehead atoms. The highest BCUT2D eigenvalue weighted by Crippen LogP contribution is 2.29. The number of likely N-dealkylation sites (tertiary alicyclic amines) is 1. The summed E-state index contributed by atoms with van der Waals surface area (Å²) in [6.07, 6.45) is 3.90. The van der Waals surface area contributed by atoms with Gasteiger partial charge in [-0.05, 0) is 62.9 Å². The van der Waals surface area contributed by atoms with Crippen LogP contribution in [0.15, 0.2) is 24.3 Å². The zero-order valence-electron chi connectivity index (χ0n) is 12.6. The predicted molar refractivity (Wildman–Crippen MR) is 82.2 cm³/mol. The first kappa shape index (κ1) is 13.9. The lowest BCUT2D eigenvalue weighted by atomic mass is 9.90. The van der Waals surface area contributed by atoms with E-state index in [1.807, 2.05) is 0 Å². The van der Waals surface area contributed by atoms with Gasteiger partial charge in [0.2, 0.25) is 0 Å². The van der Waals surface area contributed by atoms with E-state index in [0.29, 0.717) is 6.04 Å². The fourth-order valence-corrected chi connectivity index (χ4v) is 3.87. The Kier molecular flexibility index (Phi) is 4.27. The van der Waals surface area contributed by atoms with Crippen molar-refractivity contribution in [2.45, 2.75) is 38.3 Å². The highest BCUT2D eigenvalue weighted by Gasteiger charge is 2.36. The van der Waals surface area contributed by atoms with Crippen LogP contribution in [0, 0.1) is 5.92 Å². The van der Waals surface area contributed by atoms with Crippen LogP contribution < -0.4 is 10.1 Å². The summed E-state index contributed by atoms with van der Waals surface area (Å²) in [5.41, 5.74) is 1.41. The minimum Gasteiger partial charge on any atom is -0.497 e. The Morgan fingerprint density at radius 3 is 2.85 bits per heavy atom. The second-order valence-electron chi connectivity index (χ2n) is 6.27. The molecule has 2 heterocycles. The van der Waals surface area contributed by atoms with Crippen LogP contribution in [-0.4, -0.2) is 43.7 Å². The van der Waals surface area contributed by atoms with Crippen molar-refractivity contribution in [3.8, 4) is 5.75 Å². The van der Waals surface area contributed by atoms with Gasteiger partial charge in [-0.25, -0.2) is 0 Å². The molecule has 0 aliphatic carbocycles. The summed E-state index contributed by atoms with van der Waals surface area (Å²) >= 11 is 0. The molecule has 3 unspecified atom stereocenters. The molecule has 3 nitrogen and oxygen atoms in total. The number of nitrogens with one attached hydrogen (secondary N) is 1. The van der Waals surface area contributed by atoms with Gasteiger partial charge < -0.3 is 10.1 Å². The standard InChI is InChI=1S/C17H26N2O/c1-13(10-14-5-7-16(20-2)8-6-14)19-9-3-4-15-11-18-12-17(15)19/h5-8,13,15,17-18H,3-4,9-12H2,1-2H3. The first-order valence-electron chi connectivity index (χ1n) is 7.87. The average molecular weight is 274 g/mol. The second kappa shape index (κ2) is 6.15. The molecule has 20 heavy (non-hydrogen) atoms. The number of rotatable bonds is 4. The third kappa shape index (κ3) is 2.84. The van der Waals surface area contributed by atoms with Gasteiger partial charge in [-0.15, -0.1) is 0 Å². The molecule has 0 aromatic heterocycles. The molecule has 0 spiro atoms. The molecular weight excluding hydrogens is 248 g/mol. The number of piperidine rings is 1. The van der Waals surface area contributed by atoms with Gasteiger partial charge in [-0.1, -0.05) is 12.1 Å². The predicted octanol–water partition coefficient (Wildman–Crippen LogP) is 2.31. The molecule has 0 amide bonds. The molecule has 3 rings (SSSR count). The van der Waals surface area contributed by atoms with Crippen LogP contribution in [0.1, 0.15) is 25.3 Å². The molecule has 2 saturated heterocycles. The molecule has 1 N–H and O–H groups in total. The Hall–Kier alpha value is -1.06. The lowest BCUT2D eigenvalue weighted by molar-refractivity contribution is 0.0848. The van der Waals surface area contributed by atoms with Crippen LogP contribution in [0.3, 0.4) is 0 Å². The maximum Gasteiger partial charge on any atom is 0.118 e. The summed E-state index contributed by atoms with van der Waals surface area (Å²) in [5.74, 6) is 1.82. The molecule has 0 radical (unpaired) electrons. The van der Waals surface area contributed by atoms with Crippen LogP contribution in [-0.2, 0) is 6.42 Å². The number of hydrogen-bond acceptors (Lipinski definition) is 3. The largest absolute Gasteiger partial charge is 0.497 e. The Bertz CT molecular complexity index is 431. The lowest BCUT2D eigenvalue weighted by Gasteiger charge is -2.41. The van der Waals surface area contributed by atoms with Gasteiger partial charge in [0.15, 0.2) is 0 Å². The molecule has 2 aliphatic heterocycles. The topological polar surface area (TPSA) is 24.5 Å². The number of benzene rings is 1. The highest BCUT2D eigenvalue weighted by atomic mass is 16.5. The van der Waals surface area contributed by atoms with Gasteiger partial charge in [-0.2, -0.15) is 0 Å². The Balaban J connectivity index is 1.64. The van der Waals surface area contributed by atoms with Crippen LogP contribution in [0.25, 0.3) is 0 Å². The number of methoxy groups -OCH3 is 1. The number of fused-ring (bicyclic) bond motifs is 1. The van der Waals surface area contributed by atoms with Gasteiger partial charge >= 0.3 is 0 Å². The first-order valence-corrected chi connectivity index (χ1v) is 7.87. The number of ether oxygens (including phenoxy) is 1. The summed E-state index contributed by atoms with van der Waals surface area (Å²) in [6, 6.07) is 9.91. The van der Waals surface area contributed by atoms with Gasteiger partial charge in [0, 0.05) is 18.6 Å². The first-order chi connectivity index (χ1) is 9.78. The summed E-state index contributed by atoms with van der Waals surface area (Å²) in [5, 5.41) is 3.57. The number of nitrogens with zero attached hydrogens (tertiary/aromatic N) is 1. The van der Waals surface area contributed by atoms with Gasteiger partial charge in [0.05, 0.1) is 7.11 Å². The van der Waals surface area contributed by atoms with Crippen LogP contribution in [0.2, 0.25) is 0 Å². The zero-order chi connectivity index (χ0) is 13.9. The summed E-state index contributed by atoms with van der Waals surface area (Å²) < 4.78 is 5.23. The Labute approximate surface area is 122 Å². The normalized spacial score (nSPS) is 28.1. The molecule has 2 aliphatic rings. The van der Waals surface area contributed by atoms with Crippen LogP contribution in [0.4, 0.5) is 0 Å². The third-order valence-electron chi connectivity index (χ3n) is 4.98. The van der Waals surface area contributed by atoms with Gasteiger partial charge in [0.1, 0.15) is 5.75 Å². The Morgan fingerprint density at radius 1 is 1.30 bits per heavy atom. The average Bonchev–Trinajstić information content (AvgIpc) is 2.96. The molecule has 1 aromatic rings. The molecule has 2 fully saturated rings. The zero-order valence-corrected chi connectivity index (χ0v) is 12.6. The summed E-state index contributed by atoms with van der Waals surface area (Å²) in [7, 11) is 1.72. The van der Waals surface area contributed by atoms with E-state index in [-0.39, 0.29) is 0 Å².